The van der Waals surface area contributed by atoms with E-state index < -0.39 is 5.97 Å². The molecule has 142 valence electrons. The highest BCUT2D eigenvalue weighted by molar-refractivity contribution is 9.10. The molecule has 0 radical (unpaired) electrons. The minimum Gasteiger partial charge on any atom is -0.492 e. The summed E-state index contributed by atoms with van der Waals surface area (Å²) in [5.74, 6) is -0.706. The quantitative estimate of drug-likeness (QED) is 0.749. The fourth-order valence-electron chi connectivity index (χ4n) is 3.22. The van der Waals surface area contributed by atoms with Crippen LogP contribution in [0.1, 0.15) is 28.8 Å². The third-order valence-electron chi connectivity index (χ3n) is 4.79. The summed E-state index contributed by atoms with van der Waals surface area (Å²) < 4.78 is 6.71. The van der Waals surface area contributed by atoms with Gasteiger partial charge in [0.2, 0.25) is 0 Å². The molecule has 0 saturated carbocycles. The summed E-state index contributed by atoms with van der Waals surface area (Å²) in [6, 6.07) is 15.5. The van der Waals surface area contributed by atoms with E-state index in [0.717, 1.165) is 10.9 Å². The molecule has 0 atom stereocenters. The number of nitrogens with zero attached hydrogens (tertiary/aromatic N) is 1. The van der Waals surface area contributed by atoms with Crippen molar-refractivity contribution in [2.75, 3.05) is 19.7 Å². The van der Waals surface area contributed by atoms with Crippen LogP contribution in [0.15, 0.2) is 53.0 Å². The predicted octanol–water partition coefficient (Wildman–Crippen LogP) is 4.01. The topological polar surface area (TPSA) is 66.8 Å². The molecule has 1 heterocycles. The Morgan fingerprint density at radius 1 is 1.11 bits per heavy atom. The maximum absolute atomic E-state index is 13.0. The largest absolute Gasteiger partial charge is 0.492 e. The number of carbonyl (C=O) groups excluding carboxylic acids is 1. The number of aliphatic carboxylic acids is 1. The van der Waals surface area contributed by atoms with Gasteiger partial charge in [-0.3, -0.25) is 9.59 Å². The third-order valence-corrected chi connectivity index (χ3v) is 5.29. The van der Waals surface area contributed by atoms with Crippen molar-refractivity contribution >= 4 is 27.8 Å². The van der Waals surface area contributed by atoms with Crippen LogP contribution in [-0.4, -0.2) is 41.6 Å². The molecule has 0 unspecified atom stereocenters. The van der Waals surface area contributed by atoms with Crippen molar-refractivity contribution in [1.29, 1.82) is 0 Å². The number of halogens is 1. The molecule has 1 fully saturated rings. The average Bonchev–Trinajstić information content (AvgIpc) is 2.69. The van der Waals surface area contributed by atoms with Gasteiger partial charge in [0, 0.05) is 24.0 Å². The van der Waals surface area contributed by atoms with Crippen LogP contribution in [0.3, 0.4) is 0 Å². The molecule has 1 aliphatic heterocycles. The number of hydrogen-bond acceptors (Lipinski definition) is 3. The Hall–Kier alpha value is -2.34. The molecule has 3 rings (SSSR count). The Morgan fingerprint density at radius 2 is 1.81 bits per heavy atom. The number of hydrogen-bond donors (Lipinski definition) is 1. The molecule has 0 bridgehead atoms. The molecular formula is C21H22BrNO4. The van der Waals surface area contributed by atoms with Crippen molar-refractivity contribution < 1.29 is 19.4 Å². The van der Waals surface area contributed by atoms with Crippen LogP contribution in [0.4, 0.5) is 0 Å². The van der Waals surface area contributed by atoms with Crippen molar-refractivity contribution in [2.45, 2.75) is 19.3 Å². The monoisotopic (exact) mass is 431 g/mol. The lowest BCUT2D eigenvalue weighted by molar-refractivity contribution is -0.143. The molecule has 1 amide bonds. The van der Waals surface area contributed by atoms with Crippen LogP contribution in [0, 0.1) is 5.92 Å². The van der Waals surface area contributed by atoms with E-state index in [1.807, 2.05) is 36.4 Å². The first-order valence-corrected chi connectivity index (χ1v) is 9.82. The van der Waals surface area contributed by atoms with E-state index in [9.17, 15) is 9.59 Å². The SMILES string of the molecule is O=C(O)C1CCN(C(=O)c2cc(Br)ccc2OCCc2ccccc2)CC1. The van der Waals surface area contributed by atoms with Gasteiger partial charge in [-0.15, -0.1) is 0 Å². The number of ether oxygens (including phenoxy) is 1. The standard InChI is InChI=1S/C21H22BrNO4/c22-17-6-7-19(27-13-10-15-4-2-1-3-5-15)18(14-17)20(24)23-11-8-16(9-12-23)21(25)26/h1-7,14,16H,8-13H2,(H,25,26). The summed E-state index contributed by atoms with van der Waals surface area (Å²) in [5.41, 5.74) is 1.68. The minimum absolute atomic E-state index is 0.116. The number of rotatable bonds is 6. The number of carbonyl (C=O) groups is 2. The van der Waals surface area contributed by atoms with Crippen molar-refractivity contribution in [3.63, 3.8) is 0 Å². The molecular weight excluding hydrogens is 410 g/mol. The van der Waals surface area contributed by atoms with Gasteiger partial charge in [0.15, 0.2) is 0 Å². The van der Waals surface area contributed by atoms with Crippen LogP contribution in [0.5, 0.6) is 5.75 Å². The molecule has 2 aromatic carbocycles. The number of amides is 1. The summed E-state index contributed by atoms with van der Waals surface area (Å²) in [7, 11) is 0. The van der Waals surface area contributed by atoms with Gasteiger partial charge in [0.05, 0.1) is 18.1 Å². The first-order valence-electron chi connectivity index (χ1n) is 9.03. The second-order valence-corrected chi connectivity index (χ2v) is 7.54. The maximum atomic E-state index is 13.0. The summed E-state index contributed by atoms with van der Waals surface area (Å²) in [6.07, 6.45) is 1.73. The van der Waals surface area contributed by atoms with Gasteiger partial charge in [-0.1, -0.05) is 46.3 Å². The van der Waals surface area contributed by atoms with Gasteiger partial charge < -0.3 is 14.7 Å². The lowest BCUT2D eigenvalue weighted by Gasteiger charge is -2.30. The van der Waals surface area contributed by atoms with Gasteiger partial charge in [0.1, 0.15) is 5.75 Å². The Labute approximate surface area is 167 Å². The fraction of sp³-hybridized carbons (Fsp3) is 0.333. The van der Waals surface area contributed by atoms with Crippen LogP contribution in [-0.2, 0) is 11.2 Å². The van der Waals surface area contributed by atoms with Crippen LogP contribution < -0.4 is 4.74 Å². The molecule has 27 heavy (non-hydrogen) atoms. The normalized spacial score (nSPS) is 14.8. The van der Waals surface area contributed by atoms with Gasteiger partial charge in [-0.05, 0) is 36.6 Å². The molecule has 0 aliphatic carbocycles. The first kappa shape index (κ1) is 19.4. The Kier molecular flexibility index (Phi) is 6.50. The predicted molar refractivity (Wildman–Crippen MR) is 106 cm³/mol. The number of benzene rings is 2. The van der Waals surface area contributed by atoms with E-state index in [1.54, 1.807) is 17.0 Å². The summed E-state index contributed by atoms with van der Waals surface area (Å²) >= 11 is 3.42. The maximum Gasteiger partial charge on any atom is 0.306 e. The van der Waals surface area contributed by atoms with Gasteiger partial charge in [0.25, 0.3) is 5.91 Å². The molecule has 0 spiro atoms. The van der Waals surface area contributed by atoms with Crippen molar-refractivity contribution in [1.82, 2.24) is 4.90 Å². The summed E-state index contributed by atoms with van der Waals surface area (Å²) in [4.78, 5) is 25.8. The molecule has 2 aromatic rings. The van der Waals surface area contributed by atoms with E-state index >= 15 is 0 Å². The zero-order chi connectivity index (χ0) is 19.2. The van der Waals surface area contributed by atoms with Crippen molar-refractivity contribution in [2.24, 2.45) is 5.92 Å². The van der Waals surface area contributed by atoms with E-state index in [0.29, 0.717) is 43.9 Å². The fourth-order valence-corrected chi connectivity index (χ4v) is 3.58. The highest BCUT2D eigenvalue weighted by Crippen LogP contribution is 2.27. The Bertz CT molecular complexity index is 801. The summed E-state index contributed by atoms with van der Waals surface area (Å²) in [6.45, 7) is 1.38. The number of likely N-dealkylation sites (tertiary alicyclic amines) is 1. The zero-order valence-corrected chi connectivity index (χ0v) is 16.5. The second-order valence-electron chi connectivity index (χ2n) is 6.63. The molecule has 1 aliphatic rings. The molecule has 0 aromatic heterocycles. The van der Waals surface area contributed by atoms with E-state index in [1.165, 1.54) is 5.56 Å². The van der Waals surface area contributed by atoms with Crippen molar-refractivity contribution in [3.05, 3.63) is 64.1 Å². The average molecular weight is 432 g/mol. The number of piperidine rings is 1. The smallest absolute Gasteiger partial charge is 0.306 e. The second kappa shape index (κ2) is 9.04. The van der Waals surface area contributed by atoms with E-state index in [-0.39, 0.29) is 11.8 Å². The molecule has 6 heteroatoms. The molecule has 5 nitrogen and oxygen atoms in total. The van der Waals surface area contributed by atoms with Crippen LogP contribution in [0.2, 0.25) is 0 Å². The third kappa shape index (κ3) is 5.10. The van der Waals surface area contributed by atoms with E-state index in [2.05, 4.69) is 15.9 Å². The first-order chi connectivity index (χ1) is 13.0. The molecule has 1 saturated heterocycles. The Morgan fingerprint density at radius 3 is 2.48 bits per heavy atom. The van der Waals surface area contributed by atoms with Crippen LogP contribution >= 0.6 is 15.9 Å². The zero-order valence-electron chi connectivity index (χ0n) is 14.9. The minimum atomic E-state index is -0.783. The highest BCUT2D eigenvalue weighted by atomic mass is 79.9. The van der Waals surface area contributed by atoms with Crippen LogP contribution in [0.25, 0.3) is 0 Å². The number of carboxylic acids is 1. The van der Waals surface area contributed by atoms with E-state index in [4.69, 9.17) is 9.84 Å². The van der Waals surface area contributed by atoms with Gasteiger partial charge >= 0.3 is 5.97 Å². The lowest BCUT2D eigenvalue weighted by Crippen LogP contribution is -2.40. The summed E-state index contributed by atoms with van der Waals surface area (Å²) in [5, 5.41) is 9.12. The highest BCUT2D eigenvalue weighted by Gasteiger charge is 2.28. The molecule has 1 N–H and O–H groups in total. The number of carboxylic acid groups (broad SMARTS) is 1. The van der Waals surface area contributed by atoms with Gasteiger partial charge in [-0.2, -0.15) is 0 Å². The lowest BCUT2D eigenvalue weighted by atomic mass is 9.96. The van der Waals surface area contributed by atoms with Gasteiger partial charge in [-0.25, -0.2) is 0 Å². The van der Waals surface area contributed by atoms with Crippen molar-refractivity contribution in [3.8, 4) is 5.75 Å². The Balaban J connectivity index is 1.66.